The van der Waals surface area contributed by atoms with E-state index in [1.807, 2.05) is 0 Å². The maximum absolute atomic E-state index is 13.5. The van der Waals surface area contributed by atoms with Gasteiger partial charge in [0.05, 0.1) is 16.1 Å². The number of rotatable bonds is 3. The summed E-state index contributed by atoms with van der Waals surface area (Å²) in [6.45, 7) is 1.74. The molecule has 0 aromatic heterocycles. The SMILES string of the molecule is Cc1cccc(F)c1NC(=O)C1(C(N)=S)CC1. The number of anilines is 1. The Labute approximate surface area is 104 Å². The van der Waals surface area contributed by atoms with Crippen LogP contribution >= 0.6 is 12.2 Å². The van der Waals surface area contributed by atoms with Gasteiger partial charge < -0.3 is 11.1 Å². The van der Waals surface area contributed by atoms with Crippen molar-refractivity contribution in [2.45, 2.75) is 19.8 Å². The molecule has 0 spiro atoms. The molecule has 1 fully saturated rings. The van der Waals surface area contributed by atoms with E-state index in [9.17, 15) is 9.18 Å². The Morgan fingerprint density at radius 1 is 1.53 bits per heavy atom. The van der Waals surface area contributed by atoms with Crippen molar-refractivity contribution < 1.29 is 9.18 Å². The van der Waals surface area contributed by atoms with Crippen molar-refractivity contribution in [1.29, 1.82) is 0 Å². The van der Waals surface area contributed by atoms with Crippen LogP contribution in [0.4, 0.5) is 10.1 Å². The molecular formula is C12H13FN2OS. The number of para-hydroxylation sites is 1. The number of nitrogens with two attached hydrogens (primary N) is 1. The molecule has 0 heterocycles. The fraction of sp³-hybridized carbons (Fsp3) is 0.333. The summed E-state index contributed by atoms with van der Waals surface area (Å²) in [5, 5.41) is 2.58. The monoisotopic (exact) mass is 252 g/mol. The van der Waals surface area contributed by atoms with Gasteiger partial charge in [0.1, 0.15) is 5.82 Å². The highest BCUT2D eigenvalue weighted by atomic mass is 32.1. The van der Waals surface area contributed by atoms with Crippen LogP contribution in [0, 0.1) is 18.2 Å². The minimum Gasteiger partial charge on any atom is -0.392 e. The van der Waals surface area contributed by atoms with Gasteiger partial charge in [-0.3, -0.25) is 4.79 Å². The van der Waals surface area contributed by atoms with Crippen LogP contribution in [-0.2, 0) is 4.79 Å². The highest BCUT2D eigenvalue weighted by molar-refractivity contribution is 7.80. The molecule has 2 rings (SSSR count). The molecule has 5 heteroatoms. The van der Waals surface area contributed by atoms with E-state index in [4.69, 9.17) is 18.0 Å². The standard InChI is InChI=1S/C12H13FN2OS/c1-7-3-2-4-8(13)9(7)15-11(16)12(5-6-12)10(14)17/h2-4H,5-6H2,1H3,(H2,14,17)(H,15,16). The Kier molecular flexibility index (Phi) is 2.87. The predicted octanol–water partition coefficient (Wildman–Crippen LogP) is 2.14. The molecule has 3 nitrogen and oxygen atoms in total. The Morgan fingerprint density at radius 3 is 2.65 bits per heavy atom. The van der Waals surface area contributed by atoms with Crippen LogP contribution in [0.15, 0.2) is 18.2 Å². The maximum atomic E-state index is 13.5. The number of hydrogen-bond donors (Lipinski definition) is 2. The Hall–Kier alpha value is -1.49. The number of aryl methyl sites for hydroxylation is 1. The second-order valence-corrected chi connectivity index (χ2v) is 4.77. The lowest BCUT2D eigenvalue weighted by Gasteiger charge is -2.15. The van der Waals surface area contributed by atoms with Crippen molar-refractivity contribution in [3.8, 4) is 0 Å². The smallest absolute Gasteiger partial charge is 0.237 e. The summed E-state index contributed by atoms with van der Waals surface area (Å²) in [4.78, 5) is 12.2. The van der Waals surface area contributed by atoms with Gasteiger partial charge in [-0.25, -0.2) is 4.39 Å². The van der Waals surface area contributed by atoms with E-state index in [-0.39, 0.29) is 16.6 Å². The van der Waals surface area contributed by atoms with Gasteiger partial charge in [-0.1, -0.05) is 24.4 Å². The van der Waals surface area contributed by atoms with Crippen LogP contribution in [0.25, 0.3) is 0 Å². The first kappa shape index (κ1) is 12.0. The van der Waals surface area contributed by atoms with Crippen LogP contribution in [0.2, 0.25) is 0 Å². The molecule has 1 amide bonds. The minimum atomic E-state index is -0.760. The topological polar surface area (TPSA) is 55.1 Å². The number of benzene rings is 1. The molecule has 17 heavy (non-hydrogen) atoms. The second kappa shape index (κ2) is 4.07. The van der Waals surface area contributed by atoms with Crippen LogP contribution < -0.4 is 11.1 Å². The van der Waals surface area contributed by atoms with Gasteiger partial charge in [-0.05, 0) is 31.4 Å². The van der Waals surface area contributed by atoms with Crippen molar-refractivity contribution in [3.05, 3.63) is 29.6 Å². The Morgan fingerprint density at radius 2 is 2.18 bits per heavy atom. The third-order valence-corrected chi connectivity index (χ3v) is 3.51. The first-order valence-electron chi connectivity index (χ1n) is 5.34. The van der Waals surface area contributed by atoms with Gasteiger partial charge in [0.15, 0.2) is 0 Å². The number of carbonyl (C=O) groups excluding carboxylic acids is 1. The molecule has 0 bridgehead atoms. The van der Waals surface area contributed by atoms with Crippen molar-refractivity contribution in [1.82, 2.24) is 0 Å². The number of halogens is 1. The van der Waals surface area contributed by atoms with E-state index in [1.165, 1.54) is 6.07 Å². The highest BCUT2D eigenvalue weighted by Crippen LogP contribution is 2.47. The predicted molar refractivity (Wildman–Crippen MR) is 68.2 cm³/mol. The summed E-state index contributed by atoms with van der Waals surface area (Å²) in [6.07, 6.45) is 1.28. The molecule has 0 atom stereocenters. The summed E-state index contributed by atoms with van der Waals surface area (Å²) < 4.78 is 13.5. The molecule has 0 radical (unpaired) electrons. The quantitative estimate of drug-likeness (QED) is 0.810. The molecular weight excluding hydrogens is 239 g/mol. The molecule has 1 aromatic carbocycles. The molecule has 3 N–H and O–H groups in total. The summed E-state index contributed by atoms with van der Waals surface area (Å²) in [5.74, 6) is -0.754. The fourth-order valence-corrected chi connectivity index (χ4v) is 2.03. The average Bonchev–Trinajstić information content (AvgIpc) is 3.04. The number of thiocarbonyl (C=S) groups is 1. The average molecular weight is 252 g/mol. The van der Waals surface area contributed by atoms with Gasteiger partial charge in [-0.15, -0.1) is 0 Å². The summed E-state index contributed by atoms with van der Waals surface area (Å²) in [5.41, 5.74) is 5.67. The van der Waals surface area contributed by atoms with Crippen molar-refractivity contribution in [3.63, 3.8) is 0 Å². The van der Waals surface area contributed by atoms with Gasteiger partial charge in [-0.2, -0.15) is 0 Å². The minimum absolute atomic E-state index is 0.184. The van der Waals surface area contributed by atoms with Crippen molar-refractivity contribution in [2.75, 3.05) is 5.32 Å². The molecule has 90 valence electrons. The molecule has 0 saturated heterocycles. The number of carbonyl (C=O) groups is 1. The number of amides is 1. The summed E-state index contributed by atoms with van der Waals surface area (Å²) in [7, 11) is 0. The number of hydrogen-bond acceptors (Lipinski definition) is 2. The lowest BCUT2D eigenvalue weighted by Crippen LogP contribution is -2.35. The zero-order chi connectivity index (χ0) is 12.6. The molecule has 1 aliphatic rings. The molecule has 1 aromatic rings. The van der Waals surface area contributed by atoms with Gasteiger partial charge in [0, 0.05) is 0 Å². The fourth-order valence-electron chi connectivity index (χ4n) is 1.73. The lowest BCUT2D eigenvalue weighted by atomic mass is 10.1. The van der Waals surface area contributed by atoms with E-state index < -0.39 is 11.2 Å². The Balaban J connectivity index is 2.23. The highest BCUT2D eigenvalue weighted by Gasteiger charge is 2.52. The van der Waals surface area contributed by atoms with Gasteiger partial charge in [0.2, 0.25) is 5.91 Å². The lowest BCUT2D eigenvalue weighted by molar-refractivity contribution is -0.118. The van der Waals surface area contributed by atoms with E-state index >= 15 is 0 Å². The second-order valence-electron chi connectivity index (χ2n) is 4.33. The van der Waals surface area contributed by atoms with E-state index in [0.29, 0.717) is 18.4 Å². The van der Waals surface area contributed by atoms with Gasteiger partial charge in [0.25, 0.3) is 0 Å². The van der Waals surface area contributed by atoms with Crippen LogP contribution in [0.3, 0.4) is 0 Å². The third kappa shape index (κ3) is 2.02. The zero-order valence-corrected chi connectivity index (χ0v) is 10.2. The first-order valence-corrected chi connectivity index (χ1v) is 5.75. The normalized spacial score (nSPS) is 16.4. The maximum Gasteiger partial charge on any atom is 0.237 e. The van der Waals surface area contributed by atoms with Crippen molar-refractivity contribution >= 4 is 28.8 Å². The van der Waals surface area contributed by atoms with Crippen LogP contribution in [0.1, 0.15) is 18.4 Å². The molecule has 0 unspecified atom stereocenters. The van der Waals surface area contributed by atoms with Crippen molar-refractivity contribution in [2.24, 2.45) is 11.1 Å². The van der Waals surface area contributed by atoms with E-state index in [0.717, 1.165) is 0 Å². The van der Waals surface area contributed by atoms with E-state index in [2.05, 4.69) is 5.32 Å². The van der Waals surface area contributed by atoms with Gasteiger partial charge >= 0.3 is 0 Å². The summed E-state index contributed by atoms with van der Waals surface area (Å²) in [6, 6.07) is 4.64. The molecule has 1 aliphatic carbocycles. The third-order valence-electron chi connectivity index (χ3n) is 3.12. The van der Waals surface area contributed by atoms with Crippen LogP contribution in [0.5, 0.6) is 0 Å². The molecule has 1 saturated carbocycles. The van der Waals surface area contributed by atoms with E-state index in [1.54, 1.807) is 19.1 Å². The first-order chi connectivity index (χ1) is 7.97. The zero-order valence-electron chi connectivity index (χ0n) is 9.42. The largest absolute Gasteiger partial charge is 0.392 e. The van der Waals surface area contributed by atoms with Crippen LogP contribution in [-0.4, -0.2) is 10.9 Å². The molecule has 0 aliphatic heterocycles. The summed E-state index contributed by atoms with van der Waals surface area (Å²) >= 11 is 4.88. The Bertz CT molecular complexity index is 477. The number of nitrogens with one attached hydrogen (secondary N) is 1.